The van der Waals surface area contributed by atoms with Crippen LogP contribution in [0.25, 0.3) is 16.8 Å². The van der Waals surface area contributed by atoms with Crippen LogP contribution < -0.4 is 14.4 Å². The van der Waals surface area contributed by atoms with Crippen LogP contribution in [-0.2, 0) is 6.42 Å². The zero-order valence-electron chi connectivity index (χ0n) is 19.6. The number of ether oxygens (including phenoxy) is 2. The standard InChI is InChI=1S/C26H33N3O2/c1-7-20-24(28(18-8-9-18)19-10-11-19)25-26(31-6)17(4)14-21(29(25)27-20)23-16(3)12-15(2)13-22(23)30-5/h12-14,18-19H,7-11H2,1-6H3. The Balaban J connectivity index is 1.86. The molecular weight excluding hydrogens is 386 g/mol. The average molecular weight is 420 g/mol. The molecule has 0 atom stereocenters. The van der Waals surface area contributed by atoms with E-state index in [1.54, 1.807) is 14.2 Å². The molecule has 2 heterocycles. The van der Waals surface area contributed by atoms with Gasteiger partial charge in [0.25, 0.3) is 0 Å². The second-order valence-corrected chi connectivity index (χ2v) is 9.18. The second-order valence-electron chi connectivity index (χ2n) is 9.18. The first-order valence-corrected chi connectivity index (χ1v) is 11.5. The van der Waals surface area contributed by atoms with E-state index in [0.29, 0.717) is 12.1 Å². The van der Waals surface area contributed by atoms with Crippen molar-refractivity contribution in [3.8, 4) is 22.8 Å². The summed E-state index contributed by atoms with van der Waals surface area (Å²) in [5.74, 6) is 1.82. The van der Waals surface area contributed by atoms with Gasteiger partial charge in [0.2, 0.25) is 0 Å². The molecule has 0 unspecified atom stereocenters. The highest BCUT2D eigenvalue weighted by Gasteiger charge is 2.42. The summed E-state index contributed by atoms with van der Waals surface area (Å²) in [7, 11) is 3.53. The summed E-state index contributed by atoms with van der Waals surface area (Å²) in [4.78, 5) is 2.67. The topological polar surface area (TPSA) is 39.0 Å². The van der Waals surface area contributed by atoms with Crippen molar-refractivity contribution in [2.45, 2.75) is 71.9 Å². The van der Waals surface area contributed by atoms with Crippen LogP contribution in [0.4, 0.5) is 5.69 Å². The molecule has 1 aromatic carbocycles. The van der Waals surface area contributed by atoms with Gasteiger partial charge in [-0.05, 0) is 81.7 Å². The third kappa shape index (κ3) is 3.26. The zero-order chi connectivity index (χ0) is 21.9. The number of benzene rings is 1. The number of nitrogens with zero attached hydrogens (tertiary/aromatic N) is 3. The number of rotatable bonds is 7. The molecule has 0 aliphatic heterocycles. The number of methoxy groups -OCH3 is 2. The monoisotopic (exact) mass is 419 g/mol. The molecule has 5 nitrogen and oxygen atoms in total. The van der Waals surface area contributed by atoms with Crippen LogP contribution in [0, 0.1) is 20.8 Å². The van der Waals surface area contributed by atoms with Gasteiger partial charge in [0, 0.05) is 17.6 Å². The van der Waals surface area contributed by atoms with E-state index in [1.807, 2.05) is 0 Å². The molecule has 2 fully saturated rings. The fraction of sp³-hybridized carbons (Fsp3) is 0.500. The first-order chi connectivity index (χ1) is 15.0. The van der Waals surface area contributed by atoms with Crippen LogP contribution in [0.1, 0.15) is 55.0 Å². The van der Waals surface area contributed by atoms with Crippen molar-refractivity contribution in [3.05, 3.63) is 40.6 Å². The summed E-state index contributed by atoms with van der Waals surface area (Å²) < 4.78 is 13.9. The zero-order valence-corrected chi connectivity index (χ0v) is 19.6. The first kappa shape index (κ1) is 20.2. The Morgan fingerprint density at radius 3 is 2.19 bits per heavy atom. The summed E-state index contributed by atoms with van der Waals surface area (Å²) in [6, 6.07) is 7.82. The molecule has 2 aromatic heterocycles. The van der Waals surface area contributed by atoms with Gasteiger partial charge in [-0.1, -0.05) is 13.0 Å². The number of aryl methyl sites for hydroxylation is 4. The minimum Gasteiger partial charge on any atom is -0.496 e. The number of anilines is 1. The van der Waals surface area contributed by atoms with Crippen molar-refractivity contribution in [2.75, 3.05) is 19.1 Å². The Morgan fingerprint density at radius 2 is 1.65 bits per heavy atom. The molecular formula is C26H33N3O2. The molecule has 3 aromatic rings. The molecule has 2 saturated carbocycles. The lowest BCUT2D eigenvalue weighted by molar-refractivity contribution is 0.413. The smallest absolute Gasteiger partial charge is 0.149 e. The highest BCUT2D eigenvalue weighted by atomic mass is 16.5. The minimum atomic E-state index is 0.648. The Labute approximate surface area is 185 Å². The Kier molecular flexibility index (Phi) is 4.87. The van der Waals surface area contributed by atoms with E-state index < -0.39 is 0 Å². The van der Waals surface area contributed by atoms with Gasteiger partial charge < -0.3 is 14.4 Å². The third-order valence-corrected chi connectivity index (χ3v) is 6.68. The van der Waals surface area contributed by atoms with Crippen LogP contribution in [0.5, 0.6) is 11.5 Å². The molecule has 0 amide bonds. The normalized spacial score (nSPS) is 16.1. The van der Waals surface area contributed by atoms with E-state index in [9.17, 15) is 0 Å². The van der Waals surface area contributed by atoms with Gasteiger partial charge in [-0.2, -0.15) is 5.10 Å². The molecule has 0 spiro atoms. The summed E-state index contributed by atoms with van der Waals surface area (Å²) in [6.07, 6.45) is 6.02. The summed E-state index contributed by atoms with van der Waals surface area (Å²) in [5.41, 5.74) is 9.24. The van der Waals surface area contributed by atoms with E-state index in [-0.39, 0.29) is 0 Å². The van der Waals surface area contributed by atoms with E-state index in [0.717, 1.165) is 46.0 Å². The maximum absolute atomic E-state index is 5.99. The highest BCUT2D eigenvalue weighted by molar-refractivity contribution is 5.88. The van der Waals surface area contributed by atoms with Gasteiger partial charge in [0.05, 0.1) is 31.3 Å². The molecule has 2 aliphatic carbocycles. The summed E-state index contributed by atoms with van der Waals surface area (Å²) >= 11 is 0. The van der Waals surface area contributed by atoms with Gasteiger partial charge >= 0.3 is 0 Å². The van der Waals surface area contributed by atoms with Crippen LogP contribution >= 0.6 is 0 Å². The molecule has 0 N–H and O–H groups in total. The molecule has 5 rings (SSSR count). The Bertz CT molecular complexity index is 1140. The highest BCUT2D eigenvalue weighted by Crippen LogP contribution is 2.48. The van der Waals surface area contributed by atoms with Crippen molar-refractivity contribution in [1.29, 1.82) is 0 Å². The van der Waals surface area contributed by atoms with Crippen LogP contribution in [0.3, 0.4) is 0 Å². The summed E-state index contributed by atoms with van der Waals surface area (Å²) in [6.45, 7) is 8.61. The van der Waals surface area contributed by atoms with Gasteiger partial charge in [-0.25, -0.2) is 4.52 Å². The van der Waals surface area contributed by atoms with Crippen molar-refractivity contribution >= 4 is 11.2 Å². The third-order valence-electron chi connectivity index (χ3n) is 6.68. The van der Waals surface area contributed by atoms with Crippen molar-refractivity contribution < 1.29 is 9.47 Å². The van der Waals surface area contributed by atoms with E-state index in [4.69, 9.17) is 14.6 Å². The van der Waals surface area contributed by atoms with Gasteiger partial charge in [-0.15, -0.1) is 0 Å². The fourth-order valence-electron chi connectivity index (χ4n) is 5.08. The van der Waals surface area contributed by atoms with Crippen LogP contribution in [0.2, 0.25) is 0 Å². The fourth-order valence-corrected chi connectivity index (χ4v) is 5.08. The maximum Gasteiger partial charge on any atom is 0.149 e. The van der Waals surface area contributed by atoms with Crippen molar-refractivity contribution in [1.82, 2.24) is 9.61 Å². The average Bonchev–Trinajstić information content (AvgIpc) is 3.66. The van der Waals surface area contributed by atoms with Crippen LogP contribution in [-0.4, -0.2) is 35.9 Å². The van der Waals surface area contributed by atoms with E-state index in [2.05, 4.69) is 55.3 Å². The molecule has 0 radical (unpaired) electrons. The number of hydrogen-bond donors (Lipinski definition) is 0. The lowest BCUT2D eigenvalue weighted by Gasteiger charge is -2.25. The van der Waals surface area contributed by atoms with Gasteiger partial charge in [0.15, 0.2) is 0 Å². The Hall–Kier alpha value is -2.69. The van der Waals surface area contributed by atoms with Crippen molar-refractivity contribution in [3.63, 3.8) is 0 Å². The first-order valence-electron chi connectivity index (χ1n) is 11.5. The predicted octanol–water partition coefficient (Wildman–Crippen LogP) is 5.64. The van der Waals surface area contributed by atoms with Crippen LogP contribution in [0.15, 0.2) is 18.2 Å². The minimum absolute atomic E-state index is 0.648. The Morgan fingerprint density at radius 1 is 0.968 bits per heavy atom. The van der Waals surface area contributed by atoms with E-state index >= 15 is 0 Å². The number of pyridine rings is 1. The van der Waals surface area contributed by atoms with Gasteiger partial charge in [-0.3, -0.25) is 0 Å². The largest absolute Gasteiger partial charge is 0.496 e. The second kappa shape index (κ2) is 7.47. The lowest BCUT2D eigenvalue weighted by Crippen LogP contribution is -2.28. The molecule has 0 saturated heterocycles. The number of aromatic nitrogens is 2. The quantitative estimate of drug-likeness (QED) is 0.497. The molecule has 0 bridgehead atoms. The molecule has 2 aliphatic rings. The maximum atomic E-state index is 5.99. The van der Waals surface area contributed by atoms with E-state index in [1.165, 1.54) is 42.5 Å². The predicted molar refractivity (Wildman–Crippen MR) is 126 cm³/mol. The molecule has 5 heteroatoms. The summed E-state index contributed by atoms with van der Waals surface area (Å²) in [5, 5.41) is 5.18. The lowest BCUT2D eigenvalue weighted by atomic mass is 9.99. The number of fused-ring (bicyclic) bond motifs is 1. The SMILES string of the molecule is CCc1nn2c(-c3c(C)cc(C)cc3OC)cc(C)c(OC)c2c1N(C1CC1)C1CC1. The van der Waals surface area contributed by atoms with Crippen molar-refractivity contribution in [2.24, 2.45) is 0 Å². The molecule has 164 valence electrons. The molecule has 31 heavy (non-hydrogen) atoms. The number of hydrogen-bond acceptors (Lipinski definition) is 4. The van der Waals surface area contributed by atoms with Gasteiger partial charge in [0.1, 0.15) is 17.0 Å².